The van der Waals surface area contributed by atoms with Crippen molar-refractivity contribution in [2.75, 3.05) is 0 Å². The molecule has 0 aliphatic heterocycles. The summed E-state index contributed by atoms with van der Waals surface area (Å²) in [4.78, 5) is 3.25. The van der Waals surface area contributed by atoms with Crippen molar-refractivity contribution >= 4 is 39.2 Å². The first-order chi connectivity index (χ1) is 7.87. The third kappa shape index (κ3) is 2.99. The first kappa shape index (κ1) is 12.8. The monoisotopic (exact) mass is 312 g/mol. The summed E-state index contributed by atoms with van der Waals surface area (Å²) < 4.78 is 4.06. The van der Waals surface area contributed by atoms with E-state index in [1.54, 1.807) is 0 Å². The van der Waals surface area contributed by atoms with Crippen LogP contribution >= 0.6 is 28.1 Å². The van der Waals surface area contributed by atoms with Crippen molar-refractivity contribution < 1.29 is 0 Å². The number of hydrogen-bond donors (Lipinski definition) is 1. The second-order valence-corrected chi connectivity index (χ2v) is 6.86. The Morgan fingerprint density at radius 1 is 1.35 bits per heavy atom. The van der Waals surface area contributed by atoms with Crippen LogP contribution in [0.5, 0.6) is 0 Å². The van der Waals surface area contributed by atoms with E-state index in [1.807, 2.05) is 0 Å². The zero-order valence-electron chi connectivity index (χ0n) is 10.4. The standard InChI is InChI=1S/C13H17BrN2S/c1-13(2,3)6-7-16-11-5-4-9(14)8-10(11)15-12(16)17/h4-5,8H,6-7H2,1-3H3,(H,15,17). The fourth-order valence-electron chi connectivity index (χ4n) is 1.81. The van der Waals surface area contributed by atoms with Gasteiger partial charge in [0, 0.05) is 11.0 Å². The van der Waals surface area contributed by atoms with Crippen molar-refractivity contribution in [3.8, 4) is 0 Å². The van der Waals surface area contributed by atoms with Gasteiger partial charge in [-0.25, -0.2) is 0 Å². The molecule has 1 N–H and O–H groups in total. The average Bonchev–Trinajstić information content (AvgIpc) is 2.48. The highest BCUT2D eigenvalue weighted by Crippen LogP contribution is 2.23. The summed E-state index contributed by atoms with van der Waals surface area (Å²) in [7, 11) is 0. The van der Waals surface area contributed by atoms with Crippen LogP contribution in [0.4, 0.5) is 0 Å². The maximum Gasteiger partial charge on any atom is 0.178 e. The molecule has 0 unspecified atom stereocenters. The van der Waals surface area contributed by atoms with Crippen LogP contribution in [0, 0.1) is 10.2 Å². The van der Waals surface area contributed by atoms with E-state index in [2.05, 4.69) is 64.5 Å². The van der Waals surface area contributed by atoms with Crippen LogP contribution in [0.2, 0.25) is 0 Å². The number of imidazole rings is 1. The van der Waals surface area contributed by atoms with Gasteiger partial charge in [-0.3, -0.25) is 0 Å². The molecule has 2 rings (SSSR count). The zero-order valence-corrected chi connectivity index (χ0v) is 12.8. The number of aromatic amines is 1. The van der Waals surface area contributed by atoms with E-state index in [1.165, 1.54) is 5.52 Å². The fraction of sp³-hybridized carbons (Fsp3) is 0.462. The number of nitrogens with zero attached hydrogens (tertiary/aromatic N) is 1. The molecular weight excluding hydrogens is 296 g/mol. The minimum atomic E-state index is 0.327. The summed E-state index contributed by atoms with van der Waals surface area (Å²) in [5, 5.41) is 0. The number of halogens is 1. The zero-order chi connectivity index (χ0) is 12.6. The van der Waals surface area contributed by atoms with Crippen LogP contribution in [0.15, 0.2) is 22.7 Å². The molecule has 0 aliphatic carbocycles. The molecule has 0 radical (unpaired) electrons. The van der Waals surface area contributed by atoms with Gasteiger partial charge in [0.2, 0.25) is 0 Å². The predicted octanol–water partition coefficient (Wildman–Crippen LogP) is 4.90. The van der Waals surface area contributed by atoms with E-state index >= 15 is 0 Å². The molecule has 0 fully saturated rings. The summed E-state index contributed by atoms with van der Waals surface area (Å²) in [6, 6.07) is 6.23. The van der Waals surface area contributed by atoms with Gasteiger partial charge in [0.25, 0.3) is 0 Å². The first-order valence-electron chi connectivity index (χ1n) is 5.75. The number of rotatable bonds is 2. The van der Waals surface area contributed by atoms with Crippen LogP contribution in [0.3, 0.4) is 0 Å². The molecule has 92 valence electrons. The lowest BCUT2D eigenvalue weighted by Gasteiger charge is -2.18. The third-order valence-electron chi connectivity index (χ3n) is 2.82. The van der Waals surface area contributed by atoms with E-state index in [0.717, 1.165) is 27.7 Å². The summed E-state index contributed by atoms with van der Waals surface area (Å²) in [5.41, 5.74) is 2.61. The van der Waals surface area contributed by atoms with Crippen LogP contribution in [0.25, 0.3) is 11.0 Å². The lowest BCUT2D eigenvalue weighted by atomic mass is 9.92. The fourth-order valence-corrected chi connectivity index (χ4v) is 2.47. The van der Waals surface area contributed by atoms with E-state index in [4.69, 9.17) is 12.2 Å². The van der Waals surface area contributed by atoms with Crippen molar-refractivity contribution in [2.45, 2.75) is 33.7 Å². The smallest absolute Gasteiger partial charge is 0.178 e. The maximum absolute atomic E-state index is 5.38. The Balaban J connectivity index is 2.40. The van der Waals surface area contributed by atoms with Crippen LogP contribution in [0.1, 0.15) is 27.2 Å². The molecule has 1 heterocycles. The first-order valence-corrected chi connectivity index (χ1v) is 6.95. The Bertz CT molecular complexity index is 589. The van der Waals surface area contributed by atoms with Gasteiger partial charge in [0.05, 0.1) is 11.0 Å². The Morgan fingerprint density at radius 3 is 2.71 bits per heavy atom. The molecule has 0 spiro atoms. The molecule has 1 aromatic carbocycles. The minimum absolute atomic E-state index is 0.327. The van der Waals surface area contributed by atoms with E-state index < -0.39 is 0 Å². The number of aromatic nitrogens is 2. The van der Waals surface area contributed by atoms with E-state index in [0.29, 0.717) is 5.41 Å². The Labute approximate surface area is 115 Å². The second-order valence-electron chi connectivity index (χ2n) is 5.55. The normalized spacial score (nSPS) is 12.2. The van der Waals surface area contributed by atoms with Gasteiger partial charge in [-0.05, 0) is 42.3 Å². The van der Waals surface area contributed by atoms with Crippen molar-refractivity contribution in [3.05, 3.63) is 27.4 Å². The molecule has 0 bridgehead atoms. The number of hydrogen-bond acceptors (Lipinski definition) is 1. The summed E-state index contributed by atoms with van der Waals surface area (Å²) in [6.45, 7) is 7.72. The summed E-state index contributed by atoms with van der Waals surface area (Å²) in [5.74, 6) is 0. The molecule has 1 aromatic heterocycles. The predicted molar refractivity (Wildman–Crippen MR) is 78.9 cm³/mol. The molecule has 0 atom stereocenters. The molecule has 17 heavy (non-hydrogen) atoms. The van der Waals surface area contributed by atoms with E-state index in [-0.39, 0.29) is 0 Å². The molecule has 2 aromatic rings. The molecule has 0 amide bonds. The average molecular weight is 313 g/mol. The summed E-state index contributed by atoms with van der Waals surface area (Å²) >= 11 is 8.85. The Morgan fingerprint density at radius 2 is 2.06 bits per heavy atom. The number of benzene rings is 1. The maximum atomic E-state index is 5.38. The largest absolute Gasteiger partial charge is 0.331 e. The van der Waals surface area contributed by atoms with Gasteiger partial charge in [-0.1, -0.05) is 36.7 Å². The van der Waals surface area contributed by atoms with E-state index in [9.17, 15) is 0 Å². The topological polar surface area (TPSA) is 20.7 Å². The minimum Gasteiger partial charge on any atom is -0.331 e. The number of H-pyrrole nitrogens is 1. The molecule has 0 saturated heterocycles. The Kier molecular flexibility index (Phi) is 3.46. The van der Waals surface area contributed by atoms with Crippen molar-refractivity contribution in [1.29, 1.82) is 0 Å². The Hall–Kier alpha value is -0.610. The quantitative estimate of drug-likeness (QED) is 0.782. The van der Waals surface area contributed by atoms with Crippen molar-refractivity contribution in [1.82, 2.24) is 9.55 Å². The van der Waals surface area contributed by atoms with Gasteiger partial charge in [-0.15, -0.1) is 0 Å². The van der Waals surface area contributed by atoms with Gasteiger partial charge >= 0.3 is 0 Å². The highest BCUT2D eigenvalue weighted by atomic mass is 79.9. The SMILES string of the molecule is CC(C)(C)CCn1c(=S)[nH]c2cc(Br)ccc21. The molecule has 2 nitrogen and oxygen atoms in total. The van der Waals surface area contributed by atoms with Crippen molar-refractivity contribution in [2.24, 2.45) is 5.41 Å². The lowest BCUT2D eigenvalue weighted by Crippen LogP contribution is -2.10. The second kappa shape index (κ2) is 4.58. The van der Waals surface area contributed by atoms with Gasteiger partial charge in [-0.2, -0.15) is 0 Å². The van der Waals surface area contributed by atoms with Crippen LogP contribution < -0.4 is 0 Å². The van der Waals surface area contributed by atoms with Gasteiger partial charge < -0.3 is 9.55 Å². The van der Waals surface area contributed by atoms with Gasteiger partial charge in [0.1, 0.15) is 0 Å². The number of aryl methyl sites for hydroxylation is 1. The van der Waals surface area contributed by atoms with Crippen LogP contribution in [-0.4, -0.2) is 9.55 Å². The third-order valence-corrected chi connectivity index (χ3v) is 3.64. The number of fused-ring (bicyclic) bond motifs is 1. The van der Waals surface area contributed by atoms with Crippen molar-refractivity contribution in [3.63, 3.8) is 0 Å². The molecule has 4 heteroatoms. The highest BCUT2D eigenvalue weighted by Gasteiger charge is 2.12. The highest BCUT2D eigenvalue weighted by molar-refractivity contribution is 9.10. The molecule has 0 aliphatic rings. The van der Waals surface area contributed by atoms with Crippen LogP contribution in [-0.2, 0) is 6.54 Å². The van der Waals surface area contributed by atoms with Gasteiger partial charge in [0.15, 0.2) is 4.77 Å². The molecule has 0 saturated carbocycles. The number of nitrogens with one attached hydrogen (secondary N) is 1. The summed E-state index contributed by atoms with van der Waals surface area (Å²) in [6.07, 6.45) is 1.12. The molecular formula is C13H17BrN2S. The lowest BCUT2D eigenvalue weighted by molar-refractivity contribution is 0.352.